The maximum atomic E-state index is 10.4. The van der Waals surface area contributed by atoms with Crippen LogP contribution in [0.4, 0.5) is 0 Å². The summed E-state index contributed by atoms with van der Waals surface area (Å²) in [5, 5.41) is 10.7. The van der Waals surface area contributed by atoms with Crippen LogP contribution in [0.15, 0.2) is 24.3 Å². The summed E-state index contributed by atoms with van der Waals surface area (Å²) in [7, 11) is 0. The molecule has 0 aromatic heterocycles. The van der Waals surface area contributed by atoms with Crippen molar-refractivity contribution in [2.75, 3.05) is 12.4 Å². The van der Waals surface area contributed by atoms with E-state index in [1.807, 2.05) is 36.0 Å². The zero-order valence-corrected chi connectivity index (χ0v) is 11.1. The summed E-state index contributed by atoms with van der Waals surface area (Å²) in [4.78, 5) is 0. The molecule has 2 rings (SSSR count). The number of para-hydroxylation sites is 1. The SMILES string of the molecule is CCCOc1ccccc1C(O)C1CCCS1. The van der Waals surface area contributed by atoms with E-state index in [9.17, 15) is 5.11 Å². The van der Waals surface area contributed by atoms with Gasteiger partial charge in [-0.2, -0.15) is 11.8 Å². The summed E-state index contributed by atoms with van der Waals surface area (Å²) >= 11 is 1.87. The summed E-state index contributed by atoms with van der Waals surface area (Å²) in [5.41, 5.74) is 0.945. The van der Waals surface area contributed by atoms with Crippen LogP contribution >= 0.6 is 11.8 Å². The van der Waals surface area contributed by atoms with E-state index in [2.05, 4.69) is 6.92 Å². The number of hydrogen-bond donors (Lipinski definition) is 1. The van der Waals surface area contributed by atoms with Crippen LogP contribution in [0.3, 0.4) is 0 Å². The lowest BCUT2D eigenvalue weighted by atomic mass is 10.0. The molecule has 1 N–H and O–H groups in total. The predicted octanol–water partition coefficient (Wildman–Crippen LogP) is 3.40. The molecule has 0 aliphatic carbocycles. The van der Waals surface area contributed by atoms with Gasteiger partial charge in [0.15, 0.2) is 0 Å². The molecular weight excluding hydrogens is 232 g/mol. The van der Waals surface area contributed by atoms with Gasteiger partial charge in [0, 0.05) is 10.8 Å². The zero-order valence-electron chi connectivity index (χ0n) is 10.3. The van der Waals surface area contributed by atoms with Gasteiger partial charge in [0.2, 0.25) is 0 Å². The van der Waals surface area contributed by atoms with Crippen molar-refractivity contribution in [3.05, 3.63) is 29.8 Å². The monoisotopic (exact) mass is 252 g/mol. The van der Waals surface area contributed by atoms with E-state index in [0.29, 0.717) is 11.9 Å². The molecule has 1 aromatic carbocycles. The Morgan fingerprint density at radius 2 is 2.29 bits per heavy atom. The molecule has 1 aliphatic rings. The van der Waals surface area contributed by atoms with Crippen LogP contribution in [0.25, 0.3) is 0 Å². The first-order valence-corrected chi connectivity index (χ1v) is 7.39. The number of aliphatic hydroxyl groups is 1. The average Bonchev–Trinajstić information content (AvgIpc) is 2.89. The van der Waals surface area contributed by atoms with Crippen LogP contribution in [-0.4, -0.2) is 22.7 Å². The third-order valence-electron chi connectivity index (χ3n) is 3.02. The van der Waals surface area contributed by atoms with Crippen molar-refractivity contribution < 1.29 is 9.84 Å². The van der Waals surface area contributed by atoms with Crippen LogP contribution < -0.4 is 4.74 Å². The molecule has 94 valence electrons. The quantitative estimate of drug-likeness (QED) is 0.871. The molecule has 2 atom stereocenters. The first kappa shape index (κ1) is 12.8. The van der Waals surface area contributed by atoms with Gasteiger partial charge >= 0.3 is 0 Å². The number of aliphatic hydroxyl groups excluding tert-OH is 1. The van der Waals surface area contributed by atoms with E-state index in [4.69, 9.17) is 4.74 Å². The maximum absolute atomic E-state index is 10.4. The number of benzene rings is 1. The Labute approximate surface area is 107 Å². The van der Waals surface area contributed by atoms with Gasteiger partial charge in [0.1, 0.15) is 5.75 Å². The second kappa shape index (κ2) is 6.31. The van der Waals surface area contributed by atoms with E-state index < -0.39 is 6.10 Å². The third-order valence-corrected chi connectivity index (χ3v) is 4.46. The van der Waals surface area contributed by atoms with E-state index in [0.717, 1.165) is 24.2 Å². The molecule has 1 saturated heterocycles. The van der Waals surface area contributed by atoms with Gasteiger partial charge in [-0.15, -0.1) is 0 Å². The molecule has 2 nitrogen and oxygen atoms in total. The summed E-state index contributed by atoms with van der Waals surface area (Å²) in [6, 6.07) is 7.86. The summed E-state index contributed by atoms with van der Waals surface area (Å²) in [6.07, 6.45) is 2.91. The molecular formula is C14H20O2S. The average molecular weight is 252 g/mol. The normalized spacial score (nSPS) is 21.4. The molecule has 3 heteroatoms. The lowest BCUT2D eigenvalue weighted by Gasteiger charge is -2.20. The van der Waals surface area contributed by atoms with Gasteiger partial charge in [0.25, 0.3) is 0 Å². The van der Waals surface area contributed by atoms with E-state index in [1.54, 1.807) is 0 Å². The minimum Gasteiger partial charge on any atom is -0.493 e. The van der Waals surface area contributed by atoms with Gasteiger partial charge in [-0.05, 0) is 31.1 Å². The minimum absolute atomic E-state index is 0.335. The Morgan fingerprint density at radius 3 is 3.00 bits per heavy atom. The second-order valence-corrected chi connectivity index (χ2v) is 5.73. The Morgan fingerprint density at radius 1 is 1.47 bits per heavy atom. The van der Waals surface area contributed by atoms with Crippen molar-refractivity contribution in [1.82, 2.24) is 0 Å². The maximum Gasteiger partial charge on any atom is 0.125 e. The second-order valence-electron chi connectivity index (χ2n) is 4.38. The van der Waals surface area contributed by atoms with Gasteiger partial charge in [0.05, 0.1) is 12.7 Å². The first-order chi connectivity index (χ1) is 8.33. The molecule has 0 radical (unpaired) electrons. The van der Waals surface area contributed by atoms with Crippen molar-refractivity contribution in [3.8, 4) is 5.75 Å². The number of thioether (sulfide) groups is 1. The molecule has 1 aliphatic heterocycles. The molecule has 1 fully saturated rings. The van der Waals surface area contributed by atoms with Crippen molar-refractivity contribution >= 4 is 11.8 Å². The molecule has 0 saturated carbocycles. The summed E-state index contributed by atoms with van der Waals surface area (Å²) < 4.78 is 5.70. The Balaban J connectivity index is 2.12. The van der Waals surface area contributed by atoms with Crippen molar-refractivity contribution in [1.29, 1.82) is 0 Å². The van der Waals surface area contributed by atoms with Crippen molar-refractivity contribution in [2.45, 2.75) is 37.5 Å². The van der Waals surface area contributed by atoms with Crippen LogP contribution in [0.5, 0.6) is 5.75 Å². The molecule has 0 spiro atoms. The fourth-order valence-electron chi connectivity index (χ4n) is 2.12. The number of ether oxygens (including phenoxy) is 1. The van der Waals surface area contributed by atoms with Gasteiger partial charge in [-0.25, -0.2) is 0 Å². The van der Waals surface area contributed by atoms with E-state index in [1.165, 1.54) is 12.2 Å². The number of rotatable bonds is 5. The lowest BCUT2D eigenvalue weighted by Crippen LogP contribution is -2.13. The van der Waals surface area contributed by atoms with Crippen LogP contribution in [-0.2, 0) is 0 Å². The highest BCUT2D eigenvalue weighted by Crippen LogP contribution is 2.38. The van der Waals surface area contributed by atoms with Gasteiger partial charge in [-0.3, -0.25) is 0 Å². The third kappa shape index (κ3) is 3.17. The highest BCUT2D eigenvalue weighted by molar-refractivity contribution is 8.00. The number of hydrogen-bond acceptors (Lipinski definition) is 3. The zero-order chi connectivity index (χ0) is 12.1. The smallest absolute Gasteiger partial charge is 0.125 e. The van der Waals surface area contributed by atoms with Crippen molar-refractivity contribution in [2.24, 2.45) is 0 Å². The van der Waals surface area contributed by atoms with Gasteiger partial charge in [-0.1, -0.05) is 25.1 Å². The fraction of sp³-hybridized carbons (Fsp3) is 0.571. The molecule has 0 bridgehead atoms. The van der Waals surface area contributed by atoms with Crippen LogP contribution in [0.2, 0.25) is 0 Å². The molecule has 1 aromatic rings. The molecule has 17 heavy (non-hydrogen) atoms. The topological polar surface area (TPSA) is 29.5 Å². The molecule has 2 unspecified atom stereocenters. The minimum atomic E-state index is -0.393. The largest absolute Gasteiger partial charge is 0.493 e. The summed E-state index contributed by atoms with van der Waals surface area (Å²) in [6.45, 7) is 2.80. The van der Waals surface area contributed by atoms with Crippen LogP contribution in [0, 0.1) is 0 Å². The Kier molecular flexibility index (Phi) is 4.75. The highest BCUT2D eigenvalue weighted by atomic mass is 32.2. The Bertz CT molecular complexity index is 348. The van der Waals surface area contributed by atoms with E-state index >= 15 is 0 Å². The van der Waals surface area contributed by atoms with Crippen molar-refractivity contribution in [3.63, 3.8) is 0 Å². The molecule has 1 heterocycles. The van der Waals surface area contributed by atoms with Gasteiger partial charge < -0.3 is 9.84 Å². The lowest BCUT2D eigenvalue weighted by molar-refractivity contribution is 0.166. The van der Waals surface area contributed by atoms with E-state index in [-0.39, 0.29) is 0 Å². The van der Waals surface area contributed by atoms with Crippen LogP contribution in [0.1, 0.15) is 37.9 Å². The Hall–Kier alpha value is -0.670. The first-order valence-electron chi connectivity index (χ1n) is 6.34. The highest BCUT2D eigenvalue weighted by Gasteiger charge is 2.27. The molecule has 0 amide bonds. The fourth-order valence-corrected chi connectivity index (χ4v) is 3.42. The predicted molar refractivity (Wildman–Crippen MR) is 72.7 cm³/mol. The standard InChI is InChI=1S/C14H20O2S/c1-2-9-16-12-7-4-3-6-11(12)14(15)13-8-5-10-17-13/h3-4,6-7,13-15H,2,5,8-10H2,1H3. The summed E-state index contributed by atoms with van der Waals surface area (Å²) in [5.74, 6) is 2.01.